The fourth-order valence-electron chi connectivity index (χ4n) is 2.41. The van der Waals surface area contributed by atoms with Gasteiger partial charge in [-0.3, -0.25) is 4.99 Å². The quantitative estimate of drug-likeness (QED) is 0.183. The van der Waals surface area contributed by atoms with E-state index in [0.29, 0.717) is 37.8 Å². The Labute approximate surface area is 183 Å². The van der Waals surface area contributed by atoms with Crippen molar-refractivity contribution < 1.29 is 14.3 Å². The Morgan fingerprint density at radius 2 is 1.79 bits per heavy atom. The van der Waals surface area contributed by atoms with Crippen molar-refractivity contribution in [1.82, 2.24) is 10.6 Å². The molecule has 0 unspecified atom stereocenters. The minimum Gasteiger partial charge on any atom is -0.457 e. The van der Waals surface area contributed by atoms with Crippen LogP contribution in [0.25, 0.3) is 0 Å². The maximum absolute atomic E-state index is 12.3. The minimum absolute atomic E-state index is 0. The van der Waals surface area contributed by atoms with Gasteiger partial charge in [0.15, 0.2) is 5.96 Å². The molecule has 0 radical (unpaired) electrons. The van der Waals surface area contributed by atoms with Gasteiger partial charge >= 0.3 is 5.97 Å². The van der Waals surface area contributed by atoms with E-state index in [1.807, 2.05) is 55.5 Å². The first-order valence-corrected chi connectivity index (χ1v) is 9.05. The number of hydrogen-bond donors (Lipinski definition) is 2. The van der Waals surface area contributed by atoms with Crippen molar-refractivity contribution in [3.05, 3.63) is 71.3 Å². The summed E-state index contributed by atoms with van der Waals surface area (Å²) in [6.45, 7) is 4.78. The third-order valence-electron chi connectivity index (χ3n) is 3.80. The molecule has 2 aromatic carbocycles. The topological polar surface area (TPSA) is 72.0 Å². The fourth-order valence-corrected chi connectivity index (χ4v) is 2.41. The molecule has 0 aliphatic rings. The maximum Gasteiger partial charge on any atom is 0.338 e. The van der Waals surface area contributed by atoms with Gasteiger partial charge in [0.2, 0.25) is 0 Å². The lowest BCUT2D eigenvalue weighted by atomic mass is 10.1. The van der Waals surface area contributed by atoms with Crippen molar-refractivity contribution >= 4 is 35.9 Å². The third-order valence-corrected chi connectivity index (χ3v) is 3.80. The highest BCUT2D eigenvalue weighted by atomic mass is 127. The van der Waals surface area contributed by atoms with Crippen molar-refractivity contribution in [2.45, 2.75) is 20.1 Å². The number of carbonyl (C=O) groups excluding carboxylic acids is 1. The Morgan fingerprint density at radius 1 is 1.04 bits per heavy atom. The van der Waals surface area contributed by atoms with Crippen LogP contribution in [-0.2, 0) is 22.6 Å². The molecule has 2 N–H and O–H groups in total. The van der Waals surface area contributed by atoms with Crippen molar-refractivity contribution in [3.63, 3.8) is 0 Å². The van der Waals surface area contributed by atoms with Gasteiger partial charge in [0.1, 0.15) is 6.61 Å². The van der Waals surface area contributed by atoms with E-state index in [1.165, 1.54) is 0 Å². The van der Waals surface area contributed by atoms with Crippen molar-refractivity contribution in [2.24, 2.45) is 4.99 Å². The number of halogens is 1. The molecule has 7 heteroatoms. The van der Waals surface area contributed by atoms with E-state index >= 15 is 0 Å². The monoisotopic (exact) mass is 497 g/mol. The summed E-state index contributed by atoms with van der Waals surface area (Å²) >= 11 is 0. The number of benzene rings is 2. The van der Waals surface area contributed by atoms with Crippen molar-refractivity contribution in [3.8, 4) is 0 Å². The van der Waals surface area contributed by atoms with Gasteiger partial charge in [-0.05, 0) is 30.2 Å². The van der Waals surface area contributed by atoms with Crippen LogP contribution in [0.3, 0.4) is 0 Å². The molecule has 0 bridgehead atoms. The molecule has 0 aromatic heterocycles. The Balaban J connectivity index is 0.00000392. The molecular formula is C21H28IN3O3. The summed E-state index contributed by atoms with van der Waals surface area (Å²) in [6.07, 6.45) is 0. The number of nitrogens with one attached hydrogen (secondary N) is 2. The predicted molar refractivity (Wildman–Crippen MR) is 122 cm³/mol. The van der Waals surface area contributed by atoms with Crippen LogP contribution in [0.5, 0.6) is 0 Å². The van der Waals surface area contributed by atoms with Gasteiger partial charge < -0.3 is 20.1 Å². The Kier molecular flexibility index (Phi) is 11.9. The van der Waals surface area contributed by atoms with Crippen LogP contribution < -0.4 is 10.6 Å². The lowest BCUT2D eigenvalue weighted by Gasteiger charge is -2.12. The van der Waals surface area contributed by atoms with Crippen LogP contribution in [0.1, 0.15) is 28.4 Å². The van der Waals surface area contributed by atoms with Crippen LogP contribution in [0.2, 0.25) is 0 Å². The van der Waals surface area contributed by atoms with E-state index in [4.69, 9.17) is 9.47 Å². The number of ether oxygens (including phenoxy) is 2. The van der Waals surface area contributed by atoms with E-state index in [2.05, 4.69) is 15.6 Å². The van der Waals surface area contributed by atoms with Crippen LogP contribution in [0, 0.1) is 0 Å². The van der Waals surface area contributed by atoms with Gasteiger partial charge in [-0.2, -0.15) is 0 Å². The molecule has 6 nitrogen and oxygen atoms in total. The molecule has 0 heterocycles. The summed E-state index contributed by atoms with van der Waals surface area (Å²) in [5, 5.41) is 6.39. The normalized spacial score (nSPS) is 10.7. The standard InChI is InChI=1S/C21H27N3O3.HI/c1-3-26-13-12-23-21(22-2)24-15-18-10-7-11-19(14-18)20(25)27-16-17-8-5-4-6-9-17;/h4-11,14H,3,12-13,15-16H2,1-2H3,(H2,22,23,24);1H. The Hall–Kier alpha value is -2.13. The van der Waals surface area contributed by atoms with E-state index in [1.54, 1.807) is 13.1 Å². The van der Waals surface area contributed by atoms with Crippen LogP contribution in [0.15, 0.2) is 59.6 Å². The van der Waals surface area contributed by atoms with E-state index in [9.17, 15) is 4.79 Å². The summed E-state index contributed by atoms with van der Waals surface area (Å²) in [6, 6.07) is 17.0. The average Bonchev–Trinajstić information content (AvgIpc) is 2.72. The average molecular weight is 497 g/mol. The Morgan fingerprint density at radius 3 is 2.50 bits per heavy atom. The first-order chi connectivity index (χ1) is 13.2. The second kappa shape index (κ2) is 14.0. The molecule has 28 heavy (non-hydrogen) atoms. The van der Waals surface area contributed by atoms with E-state index < -0.39 is 0 Å². The molecule has 0 atom stereocenters. The molecular weight excluding hydrogens is 469 g/mol. The highest BCUT2D eigenvalue weighted by molar-refractivity contribution is 14.0. The summed E-state index contributed by atoms with van der Waals surface area (Å²) in [7, 11) is 1.72. The number of carbonyl (C=O) groups is 1. The molecule has 152 valence electrons. The number of esters is 1. The van der Waals surface area contributed by atoms with Gasteiger partial charge in [0, 0.05) is 26.7 Å². The van der Waals surface area contributed by atoms with Gasteiger partial charge in [0.05, 0.1) is 12.2 Å². The fraction of sp³-hybridized carbons (Fsp3) is 0.333. The number of rotatable bonds is 9. The second-order valence-corrected chi connectivity index (χ2v) is 5.81. The van der Waals surface area contributed by atoms with Crippen molar-refractivity contribution in [2.75, 3.05) is 26.8 Å². The minimum atomic E-state index is -0.333. The molecule has 0 aliphatic carbocycles. The highest BCUT2D eigenvalue weighted by Crippen LogP contribution is 2.09. The highest BCUT2D eigenvalue weighted by Gasteiger charge is 2.08. The lowest BCUT2D eigenvalue weighted by Crippen LogP contribution is -2.38. The summed E-state index contributed by atoms with van der Waals surface area (Å²) in [5.74, 6) is 0.353. The first-order valence-electron chi connectivity index (χ1n) is 9.05. The SMILES string of the molecule is CCOCCNC(=NC)NCc1cccc(C(=O)OCc2ccccc2)c1.I. The van der Waals surface area contributed by atoms with Gasteiger partial charge in [-0.1, -0.05) is 42.5 Å². The number of nitrogens with zero attached hydrogens (tertiary/aromatic N) is 1. The zero-order valence-corrected chi connectivity index (χ0v) is 18.6. The lowest BCUT2D eigenvalue weighted by molar-refractivity contribution is 0.0472. The molecule has 2 aromatic rings. The summed E-state index contributed by atoms with van der Waals surface area (Å²) in [4.78, 5) is 16.4. The number of aliphatic imine (C=N–C) groups is 1. The summed E-state index contributed by atoms with van der Waals surface area (Å²) < 4.78 is 10.7. The van der Waals surface area contributed by atoms with Crippen LogP contribution in [-0.4, -0.2) is 38.7 Å². The molecule has 0 saturated carbocycles. The second-order valence-electron chi connectivity index (χ2n) is 5.81. The van der Waals surface area contributed by atoms with Gasteiger partial charge in [-0.25, -0.2) is 4.79 Å². The van der Waals surface area contributed by atoms with Crippen molar-refractivity contribution in [1.29, 1.82) is 0 Å². The number of hydrogen-bond acceptors (Lipinski definition) is 4. The van der Waals surface area contributed by atoms with Gasteiger partial charge in [-0.15, -0.1) is 24.0 Å². The molecule has 0 saturated heterocycles. The predicted octanol–water partition coefficient (Wildman–Crippen LogP) is 3.36. The van der Waals surface area contributed by atoms with E-state index in [0.717, 1.165) is 11.1 Å². The van der Waals surface area contributed by atoms with E-state index in [-0.39, 0.29) is 36.6 Å². The van der Waals surface area contributed by atoms with Gasteiger partial charge in [0.25, 0.3) is 0 Å². The van der Waals surface area contributed by atoms with Crippen LogP contribution in [0.4, 0.5) is 0 Å². The zero-order valence-electron chi connectivity index (χ0n) is 16.3. The maximum atomic E-state index is 12.3. The number of guanidine groups is 1. The molecule has 0 fully saturated rings. The first kappa shape index (κ1) is 23.9. The molecule has 0 aliphatic heterocycles. The third kappa shape index (κ3) is 8.71. The largest absolute Gasteiger partial charge is 0.457 e. The van der Waals surface area contributed by atoms with Crippen LogP contribution >= 0.6 is 24.0 Å². The molecule has 2 rings (SSSR count). The summed E-state index contributed by atoms with van der Waals surface area (Å²) in [5.41, 5.74) is 2.46. The molecule has 0 amide bonds. The zero-order chi connectivity index (χ0) is 19.3. The Bertz CT molecular complexity index is 739. The molecule has 0 spiro atoms. The smallest absolute Gasteiger partial charge is 0.338 e.